The largest absolute Gasteiger partial charge is 0.490 e. The van der Waals surface area contributed by atoms with E-state index in [9.17, 15) is 9.59 Å². The molecular formula is C23H28N2O7. The molecule has 0 spiro atoms. The molecule has 0 aliphatic carbocycles. The van der Waals surface area contributed by atoms with Gasteiger partial charge in [0.2, 0.25) is 18.4 Å². The third kappa shape index (κ3) is 5.75. The number of benzene rings is 2. The number of rotatable bonds is 10. The minimum absolute atomic E-state index is 0.192. The van der Waals surface area contributed by atoms with Gasteiger partial charge in [-0.3, -0.25) is 20.4 Å². The van der Waals surface area contributed by atoms with Crippen LogP contribution in [0.15, 0.2) is 30.3 Å². The van der Waals surface area contributed by atoms with E-state index in [1.54, 1.807) is 12.1 Å². The second-order valence-electron chi connectivity index (χ2n) is 6.79. The lowest BCUT2D eigenvalue weighted by atomic mass is 10.1. The maximum Gasteiger partial charge on any atom is 0.269 e. The zero-order valence-electron chi connectivity index (χ0n) is 18.5. The van der Waals surface area contributed by atoms with Crippen LogP contribution in [0.4, 0.5) is 0 Å². The highest BCUT2D eigenvalue weighted by molar-refractivity contribution is 5.96. The fourth-order valence-electron chi connectivity index (χ4n) is 3.14. The molecule has 2 N–H and O–H groups in total. The van der Waals surface area contributed by atoms with Gasteiger partial charge in [0.1, 0.15) is 0 Å². The fourth-order valence-corrected chi connectivity index (χ4v) is 3.14. The van der Waals surface area contributed by atoms with E-state index >= 15 is 0 Å². The highest BCUT2D eigenvalue weighted by Gasteiger charge is 2.19. The molecule has 32 heavy (non-hydrogen) atoms. The fraction of sp³-hybridized carbons (Fsp3) is 0.391. The summed E-state index contributed by atoms with van der Waals surface area (Å²) >= 11 is 0. The average molecular weight is 444 g/mol. The van der Waals surface area contributed by atoms with Gasteiger partial charge in [0.05, 0.1) is 19.8 Å². The zero-order chi connectivity index (χ0) is 22.9. The number of aryl methyl sites for hydroxylation is 1. The lowest BCUT2D eigenvalue weighted by Gasteiger charge is -2.17. The van der Waals surface area contributed by atoms with Gasteiger partial charge >= 0.3 is 0 Å². The number of carbonyl (C=O) groups is 2. The van der Waals surface area contributed by atoms with Gasteiger partial charge < -0.3 is 23.7 Å². The maximum absolute atomic E-state index is 12.6. The normalized spacial score (nSPS) is 11.6. The van der Waals surface area contributed by atoms with E-state index in [2.05, 4.69) is 10.9 Å². The summed E-state index contributed by atoms with van der Waals surface area (Å²) in [5.41, 5.74) is 6.08. The molecule has 2 aromatic rings. The van der Waals surface area contributed by atoms with E-state index in [1.807, 2.05) is 39.0 Å². The van der Waals surface area contributed by atoms with Crippen LogP contribution >= 0.6 is 0 Å². The zero-order valence-corrected chi connectivity index (χ0v) is 18.5. The second kappa shape index (κ2) is 11.1. The molecule has 0 fully saturated rings. The molecule has 2 amide bonds. The van der Waals surface area contributed by atoms with Gasteiger partial charge in [0.25, 0.3) is 5.91 Å². The van der Waals surface area contributed by atoms with E-state index in [0.29, 0.717) is 55.0 Å². The first-order valence-electron chi connectivity index (χ1n) is 10.6. The third-order valence-corrected chi connectivity index (χ3v) is 4.56. The van der Waals surface area contributed by atoms with E-state index in [4.69, 9.17) is 23.7 Å². The Bertz CT molecular complexity index is 934. The Labute approximate surface area is 186 Å². The number of ether oxygens (including phenoxy) is 5. The standard InChI is InChI=1S/C23H28N2O7/c1-4-28-19-12-16(13-20(29-5-2)22(19)30-6-3)23(27)25-24-21(26)10-8-15-7-9-17-18(11-15)32-14-31-17/h7,9,11-13H,4-6,8,10,14H2,1-3H3,(H,24,26)(H,25,27). The Hall–Kier alpha value is -3.62. The topological polar surface area (TPSA) is 104 Å². The number of hydrogen-bond acceptors (Lipinski definition) is 7. The number of amides is 2. The molecule has 0 atom stereocenters. The van der Waals surface area contributed by atoms with Crippen molar-refractivity contribution in [2.24, 2.45) is 0 Å². The van der Waals surface area contributed by atoms with Gasteiger partial charge in [-0.1, -0.05) is 6.07 Å². The molecule has 0 unspecified atom stereocenters. The van der Waals surface area contributed by atoms with Gasteiger partial charge in [0, 0.05) is 12.0 Å². The minimum Gasteiger partial charge on any atom is -0.490 e. The Morgan fingerprint density at radius 3 is 2.19 bits per heavy atom. The summed E-state index contributed by atoms with van der Waals surface area (Å²) in [7, 11) is 0. The quantitative estimate of drug-likeness (QED) is 0.543. The first kappa shape index (κ1) is 23.1. The first-order valence-corrected chi connectivity index (χ1v) is 10.6. The van der Waals surface area contributed by atoms with Crippen LogP contribution in [-0.4, -0.2) is 38.4 Å². The molecular weight excluding hydrogens is 416 g/mol. The number of hydrazine groups is 1. The Morgan fingerprint density at radius 1 is 0.875 bits per heavy atom. The van der Waals surface area contributed by atoms with Crippen molar-refractivity contribution in [1.82, 2.24) is 10.9 Å². The monoisotopic (exact) mass is 444 g/mol. The van der Waals surface area contributed by atoms with E-state index < -0.39 is 5.91 Å². The van der Waals surface area contributed by atoms with Gasteiger partial charge in [-0.25, -0.2) is 0 Å². The third-order valence-electron chi connectivity index (χ3n) is 4.56. The molecule has 1 aliphatic heterocycles. The molecule has 0 aromatic heterocycles. The van der Waals surface area contributed by atoms with Crippen molar-refractivity contribution in [3.8, 4) is 28.7 Å². The Kier molecular flexibility index (Phi) is 8.02. The molecule has 9 heteroatoms. The van der Waals surface area contributed by atoms with Crippen LogP contribution in [-0.2, 0) is 11.2 Å². The number of hydrogen-bond donors (Lipinski definition) is 2. The van der Waals surface area contributed by atoms with Crippen molar-refractivity contribution in [1.29, 1.82) is 0 Å². The van der Waals surface area contributed by atoms with Gasteiger partial charge in [-0.05, 0) is 57.0 Å². The average Bonchev–Trinajstić information content (AvgIpc) is 3.26. The van der Waals surface area contributed by atoms with Crippen molar-refractivity contribution in [3.05, 3.63) is 41.5 Å². The summed E-state index contributed by atoms with van der Waals surface area (Å²) in [6.45, 7) is 6.94. The second-order valence-corrected chi connectivity index (χ2v) is 6.79. The van der Waals surface area contributed by atoms with Crippen LogP contribution in [0.3, 0.4) is 0 Å². The Balaban J connectivity index is 1.60. The van der Waals surface area contributed by atoms with Crippen LogP contribution in [0, 0.1) is 0 Å². The summed E-state index contributed by atoms with van der Waals surface area (Å²) in [5, 5.41) is 0. The summed E-state index contributed by atoms with van der Waals surface area (Å²) in [4.78, 5) is 24.8. The molecule has 0 saturated heterocycles. The van der Waals surface area contributed by atoms with Crippen molar-refractivity contribution >= 4 is 11.8 Å². The van der Waals surface area contributed by atoms with Crippen LogP contribution in [0.2, 0.25) is 0 Å². The molecule has 2 aromatic carbocycles. The predicted octanol–water partition coefficient (Wildman–Crippen LogP) is 3.01. The highest BCUT2D eigenvalue weighted by atomic mass is 16.7. The molecule has 0 bridgehead atoms. The van der Waals surface area contributed by atoms with Crippen LogP contribution < -0.4 is 34.5 Å². The van der Waals surface area contributed by atoms with E-state index in [0.717, 1.165) is 5.56 Å². The van der Waals surface area contributed by atoms with Crippen molar-refractivity contribution < 1.29 is 33.3 Å². The molecule has 1 aliphatic rings. The SMILES string of the molecule is CCOc1cc(C(=O)NNC(=O)CCc2ccc3c(c2)OCO3)cc(OCC)c1OCC. The van der Waals surface area contributed by atoms with E-state index in [1.165, 1.54) is 0 Å². The lowest BCUT2D eigenvalue weighted by Crippen LogP contribution is -2.41. The van der Waals surface area contributed by atoms with Gasteiger partial charge in [-0.15, -0.1) is 0 Å². The van der Waals surface area contributed by atoms with Crippen molar-refractivity contribution in [2.75, 3.05) is 26.6 Å². The highest BCUT2D eigenvalue weighted by Crippen LogP contribution is 2.39. The van der Waals surface area contributed by atoms with Crippen LogP contribution in [0.1, 0.15) is 43.1 Å². The predicted molar refractivity (Wildman–Crippen MR) is 116 cm³/mol. The van der Waals surface area contributed by atoms with Gasteiger partial charge in [-0.2, -0.15) is 0 Å². The van der Waals surface area contributed by atoms with Gasteiger partial charge in [0.15, 0.2) is 23.0 Å². The number of fused-ring (bicyclic) bond motifs is 1. The van der Waals surface area contributed by atoms with E-state index in [-0.39, 0.29) is 24.7 Å². The van der Waals surface area contributed by atoms with Crippen molar-refractivity contribution in [3.63, 3.8) is 0 Å². The lowest BCUT2D eigenvalue weighted by molar-refractivity contribution is -0.121. The molecule has 3 rings (SSSR count). The molecule has 172 valence electrons. The minimum atomic E-state index is -0.494. The van der Waals surface area contributed by atoms with Crippen LogP contribution in [0.5, 0.6) is 28.7 Å². The summed E-state index contributed by atoms with van der Waals surface area (Å²) in [6, 6.07) is 8.66. The number of nitrogens with one attached hydrogen (secondary N) is 2. The summed E-state index contributed by atoms with van der Waals surface area (Å²) < 4.78 is 27.5. The maximum atomic E-state index is 12.6. The van der Waals surface area contributed by atoms with Crippen LogP contribution in [0.25, 0.3) is 0 Å². The number of carbonyl (C=O) groups excluding carboxylic acids is 2. The smallest absolute Gasteiger partial charge is 0.269 e. The molecule has 1 heterocycles. The molecule has 0 radical (unpaired) electrons. The Morgan fingerprint density at radius 2 is 1.53 bits per heavy atom. The molecule has 0 saturated carbocycles. The molecule has 9 nitrogen and oxygen atoms in total. The van der Waals surface area contributed by atoms with Crippen molar-refractivity contribution in [2.45, 2.75) is 33.6 Å². The first-order chi connectivity index (χ1) is 15.5. The summed E-state index contributed by atoms with van der Waals surface area (Å²) in [5.74, 6) is 1.80. The summed E-state index contributed by atoms with van der Waals surface area (Å²) in [6.07, 6.45) is 0.683.